The molecule has 0 aromatic rings. The van der Waals surface area contributed by atoms with Gasteiger partial charge in [-0.25, -0.2) is 0 Å². The van der Waals surface area contributed by atoms with Crippen molar-refractivity contribution in [1.82, 2.24) is 4.90 Å². The zero-order valence-corrected chi connectivity index (χ0v) is 12.6. The summed E-state index contributed by atoms with van der Waals surface area (Å²) in [7, 11) is 1.61. The molecule has 0 unspecified atom stereocenters. The van der Waals surface area contributed by atoms with Crippen molar-refractivity contribution < 1.29 is 23.8 Å². The van der Waals surface area contributed by atoms with E-state index in [2.05, 4.69) is 12.2 Å². The molecule has 6 bridgehead atoms. The van der Waals surface area contributed by atoms with Gasteiger partial charge in [-0.1, -0.05) is 12.2 Å². The number of nitrogens with zero attached hydrogens (tertiary/aromatic N) is 1. The first-order chi connectivity index (χ1) is 11.2. The Morgan fingerprint density at radius 1 is 0.739 bits per heavy atom. The van der Waals surface area contributed by atoms with Crippen LogP contribution in [-0.4, -0.2) is 60.4 Å². The molecule has 0 radical (unpaired) electrons. The van der Waals surface area contributed by atoms with E-state index >= 15 is 0 Å². The summed E-state index contributed by atoms with van der Waals surface area (Å²) in [4.78, 5) is 26.3. The Morgan fingerprint density at radius 3 is 1.74 bits per heavy atom. The lowest BCUT2D eigenvalue weighted by Gasteiger charge is -2.39. The molecule has 6 heteroatoms. The van der Waals surface area contributed by atoms with E-state index in [-0.39, 0.29) is 72.1 Å². The second-order valence-electron chi connectivity index (χ2n) is 8.18. The summed E-state index contributed by atoms with van der Waals surface area (Å²) in [5.74, 6) is 0.637. The van der Waals surface area contributed by atoms with Crippen molar-refractivity contribution in [3.8, 4) is 0 Å². The average Bonchev–Trinajstić information content (AvgIpc) is 3.35. The largest absolute Gasteiger partial charge is 0.373 e. The highest BCUT2D eigenvalue weighted by Gasteiger charge is 2.78. The second-order valence-corrected chi connectivity index (χ2v) is 8.18. The van der Waals surface area contributed by atoms with Gasteiger partial charge in [0.05, 0.1) is 48.5 Å². The Hall–Kier alpha value is -1.24. The number of carbonyl (C=O) groups excluding carboxylic acids is 2. The van der Waals surface area contributed by atoms with Gasteiger partial charge in [0.1, 0.15) is 0 Å². The maximum Gasteiger partial charge on any atom is 0.235 e. The fourth-order valence-corrected chi connectivity index (χ4v) is 7.05. The number of imide groups is 1. The van der Waals surface area contributed by atoms with Gasteiger partial charge in [0.15, 0.2) is 0 Å². The third kappa shape index (κ3) is 1.04. The van der Waals surface area contributed by atoms with E-state index in [0.717, 1.165) is 0 Å². The monoisotopic (exact) mass is 315 g/mol. The van der Waals surface area contributed by atoms with E-state index in [1.54, 1.807) is 7.05 Å². The molecular weight excluding hydrogens is 298 g/mol. The van der Waals surface area contributed by atoms with Gasteiger partial charge in [-0.2, -0.15) is 0 Å². The van der Waals surface area contributed by atoms with Gasteiger partial charge < -0.3 is 14.2 Å². The lowest BCUT2D eigenvalue weighted by molar-refractivity contribution is -0.141. The summed E-state index contributed by atoms with van der Waals surface area (Å²) in [5, 5.41) is 0. The van der Waals surface area contributed by atoms with Gasteiger partial charge in [0.25, 0.3) is 0 Å². The predicted molar refractivity (Wildman–Crippen MR) is 73.8 cm³/mol. The van der Waals surface area contributed by atoms with Gasteiger partial charge in [-0.3, -0.25) is 14.5 Å². The molecule has 7 rings (SSSR count). The van der Waals surface area contributed by atoms with Crippen LogP contribution >= 0.6 is 0 Å². The zero-order chi connectivity index (χ0) is 15.2. The molecular formula is C17H17NO5. The highest BCUT2D eigenvalue weighted by Crippen LogP contribution is 2.67. The molecule has 0 spiro atoms. The van der Waals surface area contributed by atoms with Crippen molar-refractivity contribution in [3.05, 3.63) is 12.2 Å². The van der Waals surface area contributed by atoms with Crippen LogP contribution in [-0.2, 0) is 23.8 Å². The molecule has 0 aromatic carbocycles. The lowest BCUT2D eigenvalue weighted by Crippen LogP contribution is -2.52. The van der Waals surface area contributed by atoms with Gasteiger partial charge in [0.2, 0.25) is 11.8 Å². The minimum atomic E-state index is -0.282. The Labute approximate surface area is 132 Å². The first kappa shape index (κ1) is 12.2. The maximum absolute atomic E-state index is 12.5. The standard InChI is InChI=1S/C17H17NO5/c1-18-16(19)10-11(17(18)20)15-9-8(14(10)23-15)12-6-4-2-3-5(21-4)7(6)13(9)22-12/h2-15H,1H3/t4-,5+,6-,7+,8-,9+,10+,11-,12-,13+,14+,15-. The minimum absolute atomic E-state index is 0.0608. The molecule has 2 amide bonds. The van der Waals surface area contributed by atoms with Crippen molar-refractivity contribution in [2.24, 2.45) is 35.5 Å². The topological polar surface area (TPSA) is 65.1 Å². The first-order valence-corrected chi connectivity index (χ1v) is 8.63. The Balaban J connectivity index is 1.34. The second kappa shape index (κ2) is 3.41. The van der Waals surface area contributed by atoms with E-state index in [4.69, 9.17) is 14.2 Å². The molecule has 6 fully saturated rings. The van der Waals surface area contributed by atoms with Gasteiger partial charge in [-0.15, -0.1) is 0 Å². The van der Waals surface area contributed by atoms with Crippen molar-refractivity contribution in [2.75, 3.05) is 7.05 Å². The fraction of sp³-hybridized carbons (Fsp3) is 0.765. The molecule has 7 heterocycles. The molecule has 23 heavy (non-hydrogen) atoms. The zero-order valence-electron chi connectivity index (χ0n) is 12.6. The smallest absolute Gasteiger partial charge is 0.235 e. The van der Waals surface area contributed by atoms with Crippen molar-refractivity contribution in [3.63, 3.8) is 0 Å². The molecule has 6 nitrogen and oxygen atoms in total. The van der Waals surface area contributed by atoms with Crippen molar-refractivity contribution in [2.45, 2.75) is 36.6 Å². The number of amides is 2. The van der Waals surface area contributed by atoms with Crippen LogP contribution in [0.5, 0.6) is 0 Å². The van der Waals surface area contributed by atoms with Gasteiger partial charge in [-0.05, 0) is 0 Å². The van der Waals surface area contributed by atoms with Crippen LogP contribution in [0, 0.1) is 35.5 Å². The quantitative estimate of drug-likeness (QED) is 0.449. The van der Waals surface area contributed by atoms with Crippen molar-refractivity contribution in [1.29, 1.82) is 0 Å². The van der Waals surface area contributed by atoms with Crippen LogP contribution in [0.2, 0.25) is 0 Å². The maximum atomic E-state index is 12.5. The molecule has 7 aliphatic rings. The third-order valence-corrected chi connectivity index (χ3v) is 7.68. The third-order valence-electron chi connectivity index (χ3n) is 7.68. The summed E-state index contributed by atoms with van der Waals surface area (Å²) >= 11 is 0. The van der Waals surface area contributed by atoms with E-state index in [1.807, 2.05) is 0 Å². The average molecular weight is 315 g/mol. The molecule has 12 atom stereocenters. The van der Waals surface area contributed by atoms with Gasteiger partial charge >= 0.3 is 0 Å². The molecule has 0 saturated carbocycles. The number of hydrogen-bond acceptors (Lipinski definition) is 5. The number of rotatable bonds is 0. The van der Waals surface area contributed by atoms with Crippen LogP contribution in [0.3, 0.4) is 0 Å². The highest BCUT2D eigenvalue weighted by molar-refractivity contribution is 6.06. The fourth-order valence-electron chi connectivity index (χ4n) is 7.05. The molecule has 0 aromatic heterocycles. The molecule has 6 saturated heterocycles. The number of hydrogen-bond donors (Lipinski definition) is 0. The predicted octanol–water partition coefficient (Wildman–Crippen LogP) is -0.419. The lowest BCUT2D eigenvalue weighted by atomic mass is 9.57. The molecule has 0 aliphatic carbocycles. The SMILES string of the molecule is CN1C(=O)[C@@H]2[C@H]3O[C@@H]([C@@H]2C1=O)[C@@H]1[C@H]2O[C@@H]([C@H]31)[C@H]1[C@@H]2[C@@H]2C=C[C@H]1O2. The van der Waals surface area contributed by atoms with Crippen LogP contribution in [0.25, 0.3) is 0 Å². The van der Waals surface area contributed by atoms with Gasteiger partial charge in [0, 0.05) is 30.7 Å². The number of ether oxygens (including phenoxy) is 3. The van der Waals surface area contributed by atoms with Crippen LogP contribution < -0.4 is 0 Å². The van der Waals surface area contributed by atoms with Crippen molar-refractivity contribution >= 4 is 11.8 Å². The molecule has 7 aliphatic heterocycles. The minimum Gasteiger partial charge on any atom is -0.373 e. The Morgan fingerprint density at radius 2 is 1.22 bits per heavy atom. The van der Waals surface area contributed by atoms with E-state index in [0.29, 0.717) is 11.8 Å². The van der Waals surface area contributed by atoms with Crippen LogP contribution in [0.15, 0.2) is 12.2 Å². The summed E-state index contributed by atoms with van der Waals surface area (Å²) < 4.78 is 18.7. The Kier molecular flexibility index (Phi) is 1.80. The Bertz CT molecular complexity index is 651. The first-order valence-electron chi connectivity index (χ1n) is 8.63. The number of carbonyl (C=O) groups is 2. The van der Waals surface area contributed by atoms with Crippen LogP contribution in [0.1, 0.15) is 0 Å². The summed E-state index contributed by atoms with van der Waals surface area (Å²) in [6.45, 7) is 0. The molecule has 0 N–H and O–H groups in total. The van der Waals surface area contributed by atoms with Crippen LogP contribution in [0.4, 0.5) is 0 Å². The normalized spacial score (nSPS) is 65.9. The highest BCUT2D eigenvalue weighted by atomic mass is 16.6. The number of likely N-dealkylation sites (tertiary alicyclic amines) is 1. The summed E-state index contributed by atoms with van der Waals surface area (Å²) in [5.41, 5.74) is 0. The van der Waals surface area contributed by atoms with E-state index in [1.165, 1.54) is 4.90 Å². The van der Waals surface area contributed by atoms with E-state index in [9.17, 15) is 9.59 Å². The number of fused-ring (bicyclic) bond motifs is 19. The summed E-state index contributed by atoms with van der Waals surface area (Å²) in [6.07, 6.45) is 4.63. The summed E-state index contributed by atoms with van der Waals surface area (Å²) in [6, 6.07) is 0. The molecule has 120 valence electrons. The van der Waals surface area contributed by atoms with E-state index < -0.39 is 0 Å².